The molecule has 5 fully saturated rings. The topological polar surface area (TPSA) is 146 Å². The van der Waals surface area contributed by atoms with Crippen LogP contribution in [-0.4, -0.2) is 96.2 Å². The van der Waals surface area contributed by atoms with Crippen molar-refractivity contribution in [2.45, 2.75) is 179 Å². The van der Waals surface area contributed by atoms with Crippen molar-refractivity contribution in [1.29, 1.82) is 0 Å². The van der Waals surface area contributed by atoms with Gasteiger partial charge in [-0.25, -0.2) is 4.79 Å². The Balaban J connectivity index is 1.14. The number of carbonyl (C=O) groups excluding carboxylic acids is 5. The molecular formula is C54H77NO10. The minimum absolute atomic E-state index is 0.00987. The van der Waals surface area contributed by atoms with E-state index in [0.29, 0.717) is 69.1 Å². The first-order chi connectivity index (χ1) is 31.2. The second-order valence-electron chi connectivity index (χ2n) is 21.1. The van der Waals surface area contributed by atoms with Crippen LogP contribution < -0.4 is 0 Å². The molecule has 1 N–H and O–H groups in total. The number of nitrogens with zero attached hydrogens (tertiary/aromatic N) is 1. The van der Waals surface area contributed by atoms with Gasteiger partial charge in [-0.15, -0.1) is 6.58 Å². The zero-order valence-electron chi connectivity index (χ0n) is 39.9. The Morgan fingerprint density at radius 1 is 0.862 bits per heavy atom. The maximum absolute atomic E-state index is 14.4. The van der Waals surface area contributed by atoms with Crippen LogP contribution in [0.2, 0.25) is 0 Å². The van der Waals surface area contributed by atoms with Gasteiger partial charge in [-0.3, -0.25) is 19.2 Å². The Morgan fingerprint density at radius 3 is 2.42 bits per heavy atom. The van der Waals surface area contributed by atoms with E-state index in [9.17, 15) is 29.1 Å². The lowest BCUT2D eigenvalue weighted by Crippen LogP contribution is -2.61. The fourth-order valence-electron chi connectivity index (χ4n) is 12.3. The molecule has 1 amide bonds. The van der Waals surface area contributed by atoms with Gasteiger partial charge in [0.25, 0.3) is 11.7 Å². The first kappa shape index (κ1) is 49.4. The quantitative estimate of drug-likeness (QED) is 0.161. The number of ether oxygens (including phenoxy) is 4. The van der Waals surface area contributed by atoms with Crippen molar-refractivity contribution in [2.24, 2.45) is 47.3 Å². The number of esters is 1. The summed E-state index contributed by atoms with van der Waals surface area (Å²) in [5.74, 6) is -2.61. The maximum atomic E-state index is 14.4. The van der Waals surface area contributed by atoms with Gasteiger partial charge in [0.1, 0.15) is 24.0 Å². The molecule has 11 heteroatoms. The largest absolute Gasteiger partial charge is 0.460 e. The summed E-state index contributed by atoms with van der Waals surface area (Å²) in [7, 11) is 3.38. The monoisotopic (exact) mass is 900 g/mol. The second-order valence-corrected chi connectivity index (χ2v) is 21.1. The molecule has 0 aromatic rings. The van der Waals surface area contributed by atoms with Crippen LogP contribution in [0.4, 0.5) is 0 Å². The smallest absolute Gasteiger partial charge is 0.329 e. The summed E-state index contributed by atoms with van der Waals surface area (Å²) in [4.78, 5) is 71.5. The SMILES string of the molecule is C=C[C@@H]1/C=C/CC/C=C(\C)CCC2CC[C@@H](C)C(O)(O2)C(=O)C(=O)N2CCC3=C[C@H](C[C@@H]4CC5CC6CC6CC5[C@H](OC)C4)[C@H](CC(=O)C/C=C(\C)C[C@@H](OC)C(=O)CC1)OC(=O)C2C3. The van der Waals surface area contributed by atoms with Crippen molar-refractivity contribution in [3.05, 3.63) is 59.8 Å². The van der Waals surface area contributed by atoms with E-state index in [0.717, 1.165) is 55.1 Å². The third-order valence-corrected chi connectivity index (χ3v) is 16.5. The van der Waals surface area contributed by atoms with E-state index < -0.39 is 53.7 Å². The third kappa shape index (κ3) is 12.2. The maximum Gasteiger partial charge on any atom is 0.329 e. The predicted octanol–water partition coefficient (Wildman–Crippen LogP) is 8.92. The number of Topliss-reactive ketones (excluding diaryl/α,β-unsaturated/α-hetero) is 3. The van der Waals surface area contributed by atoms with E-state index in [4.69, 9.17) is 18.9 Å². The Bertz CT molecular complexity index is 1900. The fraction of sp³-hybridized carbons (Fsp3) is 0.722. The summed E-state index contributed by atoms with van der Waals surface area (Å²) in [6.45, 7) is 9.83. The molecule has 5 bridgehead atoms. The highest BCUT2D eigenvalue weighted by molar-refractivity contribution is 6.39. The van der Waals surface area contributed by atoms with Gasteiger partial charge in [0.2, 0.25) is 5.79 Å². The fourth-order valence-corrected chi connectivity index (χ4v) is 12.3. The molecule has 7 unspecified atom stereocenters. The van der Waals surface area contributed by atoms with Gasteiger partial charge < -0.3 is 29.0 Å². The van der Waals surface area contributed by atoms with Crippen LogP contribution in [0, 0.1) is 47.3 Å². The van der Waals surface area contributed by atoms with Crippen LogP contribution in [0.25, 0.3) is 0 Å². The van der Waals surface area contributed by atoms with Crippen LogP contribution in [-0.2, 0) is 42.9 Å². The molecule has 358 valence electrons. The number of hydrogen-bond acceptors (Lipinski definition) is 10. The van der Waals surface area contributed by atoms with Gasteiger partial charge in [-0.1, -0.05) is 60.1 Å². The van der Waals surface area contributed by atoms with Crippen LogP contribution in [0.5, 0.6) is 0 Å². The first-order valence-corrected chi connectivity index (χ1v) is 25.1. The molecule has 0 radical (unpaired) electrons. The molecule has 0 aromatic heterocycles. The van der Waals surface area contributed by atoms with E-state index in [1.54, 1.807) is 14.0 Å². The van der Waals surface area contributed by atoms with Gasteiger partial charge in [-0.05, 0) is 146 Å². The van der Waals surface area contributed by atoms with E-state index in [1.165, 1.54) is 29.7 Å². The molecule has 0 spiro atoms. The Kier molecular flexibility index (Phi) is 16.8. The molecule has 4 heterocycles. The second kappa shape index (κ2) is 22.1. The average Bonchev–Trinajstić information content (AvgIpc) is 4.07. The Labute approximate surface area is 387 Å². The molecule has 3 saturated carbocycles. The number of rotatable bonds is 5. The summed E-state index contributed by atoms with van der Waals surface area (Å²) in [5.41, 5.74) is 3.05. The molecule has 7 rings (SSSR count). The number of hydrogen-bond donors (Lipinski definition) is 1. The normalized spacial score (nSPS) is 41.6. The standard InChI is InChI=1S/C54H77NO10/c1-7-36-12-10-8-9-11-33(2)14-18-44-19-15-35(4)54(61,65-44)51(58)52(59)55-22-21-37-24-42(26-38-25-41-30-39-29-40(39)31-45(41)49(28-38)62-5)48(64-53(60)46(55)27-37)32-43(56)17-13-34(3)23-50(63-6)47(57)20-16-36/h7,10-13,24,35-36,38-42,44-46,48-50,61H,1,8-9,14-23,25-32H2,2-6H3/b12-10+,33-11+,34-13+,37-24?/t35-,36-,38+,39?,40?,41?,42-,44?,45?,46?,48+,49-,50-,54?/m1/s1. The van der Waals surface area contributed by atoms with Crippen LogP contribution in [0.1, 0.15) is 143 Å². The van der Waals surface area contributed by atoms with E-state index >= 15 is 0 Å². The van der Waals surface area contributed by atoms with Gasteiger partial charge in [-0.2, -0.15) is 0 Å². The molecular weight excluding hydrogens is 823 g/mol. The van der Waals surface area contributed by atoms with E-state index in [-0.39, 0.29) is 55.3 Å². The molecule has 4 aliphatic heterocycles. The minimum Gasteiger partial charge on any atom is -0.460 e. The third-order valence-electron chi connectivity index (χ3n) is 16.5. The molecule has 3 aliphatic carbocycles. The molecule has 2 saturated heterocycles. The van der Waals surface area contributed by atoms with Crippen molar-refractivity contribution in [2.75, 3.05) is 20.8 Å². The summed E-state index contributed by atoms with van der Waals surface area (Å²) in [6.07, 6.45) is 23.6. The highest BCUT2D eigenvalue weighted by Crippen LogP contribution is 2.58. The summed E-state index contributed by atoms with van der Waals surface area (Å²) < 4.78 is 24.4. The molecule has 11 nitrogen and oxygen atoms in total. The summed E-state index contributed by atoms with van der Waals surface area (Å²) >= 11 is 0. The number of ketones is 3. The van der Waals surface area contributed by atoms with Gasteiger partial charge in [0.15, 0.2) is 5.78 Å². The minimum atomic E-state index is -2.31. The highest BCUT2D eigenvalue weighted by atomic mass is 16.6. The predicted molar refractivity (Wildman–Crippen MR) is 248 cm³/mol. The lowest BCUT2D eigenvalue weighted by Gasteiger charge is -2.45. The zero-order chi connectivity index (χ0) is 46.4. The number of carbonyl (C=O) groups is 5. The number of fused-ring (bicyclic) bond motifs is 7. The Morgan fingerprint density at radius 2 is 1.65 bits per heavy atom. The first-order valence-electron chi connectivity index (χ1n) is 25.1. The van der Waals surface area contributed by atoms with Gasteiger partial charge in [0.05, 0.1) is 12.2 Å². The van der Waals surface area contributed by atoms with Crippen molar-refractivity contribution < 1.29 is 48.0 Å². The van der Waals surface area contributed by atoms with Gasteiger partial charge in [0, 0.05) is 58.3 Å². The van der Waals surface area contributed by atoms with Crippen LogP contribution in [0.3, 0.4) is 0 Å². The number of aliphatic hydroxyl groups is 1. The lowest BCUT2D eigenvalue weighted by atomic mass is 9.64. The molecule has 14 atom stereocenters. The summed E-state index contributed by atoms with van der Waals surface area (Å²) in [6, 6.07) is -1.07. The summed E-state index contributed by atoms with van der Waals surface area (Å²) in [5, 5.41) is 11.9. The Hall–Kier alpha value is -3.51. The lowest BCUT2D eigenvalue weighted by molar-refractivity contribution is -0.263. The van der Waals surface area contributed by atoms with Crippen molar-refractivity contribution in [1.82, 2.24) is 4.90 Å². The van der Waals surface area contributed by atoms with Crippen molar-refractivity contribution in [3.8, 4) is 0 Å². The molecule has 65 heavy (non-hydrogen) atoms. The van der Waals surface area contributed by atoms with Crippen LogP contribution >= 0.6 is 0 Å². The van der Waals surface area contributed by atoms with Crippen molar-refractivity contribution >= 4 is 29.2 Å². The number of allylic oxidation sites excluding steroid dienone is 6. The van der Waals surface area contributed by atoms with E-state index in [2.05, 4.69) is 37.8 Å². The van der Waals surface area contributed by atoms with Gasteiger partial charge >= 0.3 is 5.97 Å². The number of piperidine rings is 1. The molecule has 7 aliphatic rings. The number of amides is 1. The van der Waals surface area contributed by atoms with Crippen LogP contribution in [0.15, 0.2) is 59.8 Å². The van der Waals surface area contributed by atoms with E-state index in [1.807, 2.05) is 26.2 Å². The number of methoxy groups -OCH3 is 2. The highest BCUT2D eigenvalue weighted by Gasteiger charge is 2.54. The van der Waals surface area contributed by atoms with Crippen molar-refractivity contribution in [3.63, 3.8) is 0 Å². The average molecular weight is 900 g/mol. The zero-order valence-corrected chi connectivity index (χ0v) is 39.9. The molecule has 0 aromatic carbocycles.